The molecule has 2 fully saturated rings. The number of nitrogens with one attached hydrogen (secondary N) is 1. The van der Waals surface area contributed by atoms with Gasteiger partial charge in [0.15, 0.2) is 0 Å². The van der Waals surface area contributed by atoms with E-state index in [0.29, 0.717) is 12.1 Å². The molecular weight excluding hydrogens is 236 g/mol. The Labute approximate surface area is 114 Å². The van der Waals surface area contributed by atoms with Gasteiger partial charge in [0, 0.05) is 19.2 Å². The van der Waals surface area contributed by atoms with E-state index >= 15 is 0 Å². The van der Waals surface area contributed by atoms with Gasteiger partial charge in [-0.2, -0.15) is 5.26 Å². The molecule has 1 aliphatic carbocycles. The van der Waals surface area contributed by atoms with Crippen molar-refractivity contribution in [3.8, 4) is 6.07 Å². The summed E-state index contributed by atoms with van der Waals surface area (Å²) in [7, 11) is 0. The van der Waals surface area contributed by atoms with Gasteiger partial charge in [0.05, 0.1) is 17.7 Å². The van der Waals surface area contributed by atoms with Crippen LogP contribution in [0.3, 0.4) is 0 Å². The number of nitrogens with zero attached hydrogens (tertiary/aromatic N) is 1. The van der Waals surface area contributed by atoms with E-state index < -0.39 is 0 Å². The van der Waals surface area contributed by atoms with Crippen molar-refractivity contribution in [2.75, 3.05) is 6.61 Å². The number of benzene rings is 1. The van der Waals surface area contributed by atoms with Crippen LogP contribution in [0.4, 0.5) is 0 Å². The predicted molar refractivity (Wildman–Crippen MR) is 73.6 cm³/mol. The first-order chi connectivity index (χ1) is 9.28. The maximum atomic E-state index is 8.88. The topological polar surface area (TPSA) is 45.0 Å². The van der Waals surface area contributed by atoms with Gasteiger partial charge < -0.3 is 10.1 Å². The highest BCUT2D eigenvalue weighted by molar-refractivity contribution is 5.37. The number of nitriles is 1. The third kappa shape index (κ3) is 2.80. The van der Waals surface area contributed by atoms with Crippen LogP contribution in [-0.2, 0) is 11.3 Å². The molecule has 2 atom stereocenters. The molecule has 1 N–H and O–H groups in total. The van der Waals surface area contributed by atoms with Crippen molar-refractivity contribution in [3.63, 3.8) is 0 Å². The van der Waals surface area contributed by atoms with E-state index in [0.717, 1.165) is 31.1 Å². The van der Waals surface area contributed by atoms with E-state index in [1.807, 2.05) is 12.1 Å². The summed E-state index contributed by atoms with van der Waals surface area (Å²) in [6.07, 6.45) is 4.22. The molecule has 1 aliphatic heterocycles. The Morgan fingerprint density at radius 1 is 1.37 bits per heavy atom. The summed E-state index contributed by atoms with van der Waals surface area (Å²) >= 11 is 0. The second kappa shape index (κ2) is 5.32. The molecule has 2 aliphatic rings. The number of ether oxygens (including phenoxy) is 1. The lowest BCUT2D eigenvalue weighted by atomic mass is 10.0. The minimum absolute atomic E-state index is 0.429. The highest BCUT2D eigenvalue weighted by atomic mass is 16.5. The van der Waals surface area contributed by atoms with Crippen LogP contribution < -0.4 is 5.32 Å². The van der Waals surface area contributed by atoms with Gasteiger partial charge in [-0.1, -0.05) is 6.07 Å². The summed E-state index contributed by atoms with van der Waals surface area (Å²) in [5.74, 6) is 0.794. The van der Waals surface area contributed by atoms with Gasteiger partial charge in [-0.3, -0.25) is 0 Å². The zero-order chi connectivity index (χ0) is 13.2. The molecule has 1 aromatic carbocycles. The Morgan fingerprint density at radius 2 is 2.21 bits per heavy atom. The van der Waals surface area contributed by atoms with E-state index in [1.54, 1.807) is 0 Å². The van der Waals surface area contributed by atoms with Gasteiger partial charge in [0.2, 0.25) is 0 Å². The molecule has 0 radical (unpaired) electrons. The van der Waals surface area contributed by atoms with Crippen molar-refractivity contribution in [3.05, 3.63) is 34.9 Å². The van der Waals surface area contributed by atoms with E-state index in [-0.39, 0.29) is 0 Å². The van der Waals surface area contributed by atoms with Crippen molar-refractivity contribution in [2.45, 2.75) is 44.9 Å². The minimum atomic E-state index is 0.429. The molecule has 19 heavy (non-hydrogen) atoms. The van der Waals surface area contributed by atoms with Crippen LogP contribution in [0.1, 0.15) is 36.0 Å². The summed E-state index contributed by atoms with van der Waals surface area (Å²) in [6, 6.07) is 8.60. The Balaban J connectivity index is 1.61. The molecule has 3 rings (SSSR count). The van der Waals surface area contributed by atoms with Crippen LogP contribution in [0.5, 0.6) is 0 Å². The van der Waals surface area contributed by atoms with E-state index in [2.05, 4.69) is 24.4 Å². The van der Waals surface area contributed by atoms with Gasteiger partial charge in [-0.05, 0) is 55.4 Å². The number of aryl methyl sites for hydroxylation is 1. The largest absolute Gasteiger partial charge is 0.376 e. The van der Waals surface area contributed by atoms with Crippen LogP contribution in [0, 0.1) is 24.2 Å². The third-order valence-corrected chi connectivity index (χ3v) is 4.25. The lowest BCUT2D eigenvalue weighted by Gasteiger charge is -2.20. The van der Waals surface area contributed by atoms with Gasteiger partial charge >= 0.3 is 0 Å². The maximum absolute atomic E-state index is 8.88. The van der Waals surface area contributed by atoms with Gasteiger partial charge in [-0.15, -0.1) is 0 Å². The minimum Gasteiger partial charge on any atom is -0.376 e. The van der Waals surface area contributed by atoms with Crippen LogP contribution >= 0.6 is 0 Å². The average molecular weight is 256 g/mol. The highest BCUT2D eigenvalue weighted by Crippen LogP contribution is 2.38. The van der Waals surface area contributed by atoms with Crippen LogP contribution in [-0.4, -0.2) is 18.8 Å². The lowest BCUT2D eigenvalue weighted by Crippen LogP contribution is -2.37. The van der Waals surface area contributed by atoms with E-state index in [9.17, 15) is 0 Å². The first kappa shape index (κ1) is 12.7. The second-order valence-corrected chi connectivity index (χ2v) is 5.70. The van der Waals surface area contributed by atoms with Gasteiger partial charge in [-0.25, -0.2) is 0 Å². The summed E-state index contributed by atoms with van der Waals surface area (Å²) in [4.78, 5) is 0. The van der Waals surface area contributed by atoms with E-state index in [1.165, 1.54) is 24.0 Å². The number of hydrogen-bond donors (Lipinski definition) is 1. The molecular formula is C16H20N2O. The van der Waals surface area contributed by atoms with Crippen molar-refractivity contribution in [1.82, 2.24) is 5.32 Å². The molecule has 1 saturated carbocycles. The SMILES string of the molecule is Cc1cc(C#N)ccc1CNC1CCOC1C1CC1. The second-order valence-electron chi connectivity index (χ2n) is 5.70. The Hall–Kier alpha value is -1.37. The van der Waals surface area contributed by atoms with Crippen LogP contribution in [0.2, 0.25) is 0 Å². The average Bonchev–Trinajstić information content (AvgIpc) is 3.16. The predicted octanol–water partition coefficient (Wildman–Crippen LogP) is 2.52. The monoisotopic (exact) mass is 256 g/mol. The molecule has 0 spiro atoms. The van der Waals surface area contributed by atoms with Crippen LogP contribution in [0.25, 0.3) is 0 Å². The van der Waals surface area contributed by atoms with Crippen molar-refractivity contribution < 1.29 is 4.74 Å². The normalized spacial score (nSPS) is 26.3. The quantitative estimate of drug-likeness (QED) is 0.900. The molecule has 3 heteroatoms. The van der Waals surface area contributed by atoms with Gasteiger partial charge in [0.1, 0.15) is 0 Å². The molecule has 1 saturated heterocycles. The summed E-state index contributed by atoms with van der Waals surface area (Å²) in [6.45, 7) is 3.83. The molecule has 3 nitrogen and oxygen atoms in total. The Bertz CT molecular complexity index is 502. The lowest BCUT2D eigenvalue weighted by molar-refractivity contribution is 0.0809. The summed E-state index contributed by atoms with van der Waals surface area (Å²) in [5, 5.41) is 12.5. The first-order valence-electron chi connectivity index (χ1n) is 7.12. The van der Waals surface area contributed by atoms with Gasteiger partial charge in [0.25, 0.3) is 0 Å². The fraction of sp³-hybridized carbons (Fsp3) is 0.562. The molecule has 2 unspecified atom stereocenters. The summed E-state index contributed by atoms with van der Waals surface area (Å²) in [5.41, 5.74) is 3.20. The smallest absolute Gasteiger partial charge is 0.0991 e. The van der Waals surface area contributed by atoms with Crippen molar-refractivity contribution >= 4 is 0 Å². The first-order valence-corrected chi connectivity index (χ1v) is 7.12. The standard InChI is InChI=1S/C16H20N2O/c1-11-8-12(9-17)2-3-14(11)10-18-15-6-7-19-16(15)13-4-5-13/h2-3,8,13,15-16,18H,4-7,10H2,1H3. The molecule has 100 valence electrons. The fourth-order valence-electron chi connectivity index (χ4n) is 2.92. The molecule has 1 heterocycles. The van der Waals surface area contributed by atoms with Crippen molar-refractivity contribution in [1.29, 1.82) is 5.26 Å². The Kier molecular flexibility index (Phi) is 3.54. The third-order valence-electron chi connectivity index (χ3n) is 4.25. The molecule has 0 aromatic heterocycles. The zero-order valence-corrected chi connectivity index (χ0v) is 11.4. The maximum Gasteiger partial charge on any atom is 0.0991 e. The molecule has 1 aromatic rings. The molecule has 0 bridgehead atoms. The van der Waals surface area contributed by atoms with Crippen LogP contribution in [0.15, 0.2) is 18.2 Å². The number of hydrogen-bond acceptors (Lipinski definition) is 3. The Morgan fingerprint density at radius 3 is 2.89 bits per heavy atom. The van der Waals surface area contributed by atoms with Crippen molar-refractivity contribution in [2.24, 2.45) is 5.92 Å². The summed E-state index contributed by atoms with van der Waals surface area (Å²) < 4.78 is 5.84. The molecule has 0 amide bonds. The zero-order valence-electron chi connectivity index (χ0n) is 11.4. The van der Waals surface area contributed by atoms with E-state index in [4.69, 9.17) is 10.00 Å². The number of rotatable bonds is 4. The fourth-order valence-corrected chi connectivity index (χ4v) is 2.92. The highest BCUT2D eigenvalue weighted by Gasteiger charge is 2.40.